The summed E-state index contributed by atoms with van der Waals surface area (Å²) in [6.07, 6.45) is 3.41. The van der Waals surface area contributed by atoms with Crippen molar-refractivity contribution in [3.8, 4) is 0 Å². The van der Waals surface area contributed by atoms with Crippen LogP contribution in [0.3, 0.4) is 0 Å². The third-order valence-electron chi connectivity index (χ3n) is 2.92. The lowest BCUT2D eigenvalue weighted by atomic mass is 9.92. The summed E-state index contributed by atoms with van der Waals surface area (Å²) in [5.74, 6) is 0.382. The summed E-state index contributed by atoms with van der Waals surface area (Å²) in [5, 5.41) is 3.92. The molecule has 1 N–H and O–H groups in total. The normalized spacial score (nSPS) is 21.6. The molecule has 1 unspecified atom stereocenters. The second-order valence-corrected chi connectivity index (χ2v) is 4.56. The zero-order chi connectivity index (χ0) is 10.7. The van der Waals surface area contributed by atoms with Crippen molar-refractivity contribution in [1.29, 1.82) is 0 Å². The van der Waals surface area contributed by atoms with E-state index in [2.05, 4.69) is 5.32 Å². The Hall–Kier alpha value is -0.600. The van der Waals surface area contributed by atoms with Gasteiger partial charge in [-0.05, 0) is 56.0 Å². The van der Waals surface area contributed by atoms with E-state index in [1.807, 2.05) is 0 Å². The Kier molecular flexibility index (Phi) is 3.60. The second-order valence-electron chi connectivity index (χ2n) is 4.15. The van der Waals surface area contributed by atoms with Gasteiger partial charge in [-0.25, -0.2) is 4.39 Å². The highest BCUT2D eigenvalue weighted by Crippen LogP contribution is 2.23. The van der Waals surface area contributed by atoms with Crippen LogP contribution in [0, 0.1) is 11.7 Å². The van der Waals surface area contributed by atoms with Gasteiger partial charge >= 0.3 is 0 Å². The van der Waals surface area contributed by atoms with Crippen molar-refractivity contribution in [2.24, 2.45) is 5.92 Å². The summed E-state index contributed by atoms with van der Waals surface area (Å²) < 4.78 is 12.8. The van der Waals surface area contributed by atoms with Gasteiger partial charge in [-0.3, -0.25) is 0 Å². The van der Waals surface area contributed by atoms with Gasteiger partial charge in [0.15, 0.2) is 0 Å². The van der Waals surface area contributed by atoms with Crippen LogP contribution in [0.2, 0.25) is 5.02 Å². The van der Waals surface area contributed by atoms with E-state index in [1.54, 1.807) is 6.07 Å². The monoisotopic (exact) mass is 227 g/mol. The average Bonchev–Trinajstić information content (AvgIpc) is 2.24. The smallest absolute Gasteiger partial charge is 0.124 e. The standard InChI is InChI=1S/C12H15ClFN/c13-12-7-11(14)4-3-10(12)6-9-2-1-5-15-8-9/h3-4,7,9,15H,1-2,5-6,8H2. The van der Waals surface area contributed by atoms with Gasteiger partial charge in [-0.2, -0.15) is 0 Å². The molecule has 1 nitrogen and oxygen atoms in total. The van der Waals surface area contributed by atoms with Gasteiger partial charge in [0.25, 0.3) is 0 Å². The molecule has 0 aliphatic carbocycles. The molecule has 0 radical (unpaired) electrons. The van der Waals surface area contributed by atoms with Crippen molar-refractivity contribution in [2.45, 2.75) is 19.3 Å². The SMILES string of the molecule is Fc1ccc(CC2CCCNC2)c(Cl)c1. The summed E-state index contributed by atoms with van der Waals surface area (Å²) in [4.78, 5) is 0. The molecule has 0 saturated carbocycles. The zero-order valence-electron chi connectivity index (χ0n) is 8.60. The van der Waals surface area contributed by atoms with E-state index in [9.17, 15) is 4.39 Å². The average molecular weight is 228 g/mol. The fraction of sp³-hybridized carbons (Fsp3) is 0.500. The van der Waals surface area contributed by atoms with Gasteiger partial charge in [0.1, 0.15) is 5.82 Å². The molecule has 82 valence electrons. The predicted octanol–water partition coefficient (Wildman–Crippen LogP) is 3.02. The van der Waals surface area contributed by atoms with E-state index < -0.39 is 0 Å². The summed E-state index contributed by atoms with van der Waals surface area (Å²) in [7, 11) is 0. The van der Waals surface area contributed by atoms with Crippen molar-refractivity contribution in [3.63, 3.8) is 0 Å². The van der Waals surface area contributed by atoms with Crippen LogP contribution >= 0.6 is 11.6 Å². The predicted molar refractivity (Wildman–Crippen MR) is 60.7 cm³/mol. The second kappa shape index (κ2) is 4.95. The lowest BCUT2D eigenvalue weighted by Crippen LogP contribution is -2.30. The van der Waals surface area contributed by atoms with Crippen LogP contribution in [0.4, 0.5) is 4.39 Å². The van der Waals surface area contributed by atoms with Crippen LogP contribution in [0.15, 0.2) is 18.2 Å². The van der Waals surface area contributed by atoms with E-state index in [0.29, 0.717) is 10.9 Å². The fourth-order valence-corrected chi connectivity index (χ4v) is 2.34. The van der Waals surface area contributed by atoms with Crippen LogP contribution < -0.4 is 5.32 Å². The maximum atomic E-state index is 12.8. The molecule has 1 saturated heterocycles. The molecule has 2 rings (SSSR count). The largest absolute Gasteiger partial charge is 0.316 e. The number of rotatable bonds is 2. The fourth-order valence-electron chi connectivity index (χ4n) is 2.10. The topological polar surface area (TPSA) is 12.0 Å². The summed E-state index contributed by atoms with van der Waals surface area (Å²) in [6.45, 7) is 2.17. The van der Waals surface area contributed by atoms with Gasteiger partial charge in [0.05, 0.1) is 0 Å². The minimum Gasteiger partial charge on any atom is -0.316 e. The molecule has 1 heterocycles. The molecule has 1 aliphatic heterocycles. The highest BCUT2D eigenvalue weighted by Gasteiger charge is 2.14. The molecule has 1 atom stereocenters. The van der Waals surface area contributed by atoms with Crippen molar-refractivity contribution in [1.82, 2.24) is 5.32 Å². The number of nitrogens with one attached hydrogen (secondary N) is 1. The highest BCUT2D eigenvalue weighted by atomic mass is 35.5. The molecule has 1 fully saturated rings. The maximum absolute atomic E-state index is 12.8. The van der Waals surface area contributed by atoms with Crippen LogP contribution in [-0.4, -0.2) is 13.1 Å². The van der Waals surface area contributed by atoms with Gasteiger partial charge in [0, 0.05) is 5.02 Å². The molecule has 1 aromatic rings. The van der Waals surface area contributed by atoms with Crippen molar-refractivity contribution < 1.29 is 4.39 Å². The van der Waals surface area contributed by atoms with E-state index in [0.717, 1.165) is 25.1 Å². The lowest BCUT2D eigenvalue weighted by Gasteiger charge is -2.23. The summed E-state index contributed by atoms with van der Waals surface area (Å²) >= 11 is 5.99. The molecule has 0 bridgehead atoms. The van der Waals surface area contributed by atoms with Crippen molar-refractivity contribution in [2.75, 3.05) is 13.1 Å². The molecular formula is C12H15ClFN. The minimum atomic E-state index is -0.259. The van der Waals surface area contributed by atoms with Crippen LogP contribution in [-0.2, 0) is 6.42 Å². The number of hydrogen-bond donors (Lipinski definition) is 1. The third kappa shape index (κ3) is 2.93. The Morgan fingerprint density at radius 2 is 2.33 bits per heavy atom. The Labute approximate surface area is 94.6 Å². The van der Waals surface area contributed by atoms with Crippen molar-refractivity contribution in [3.05, 3.63) is 34.6 Å². The molecule has 1 aromatic carbocycles. The van der Waals surface area contributed by atoms with E-state index in [4.69, 9.17) is 11.6 Å². The van der Waals surface area contributed by atoms with E-state index >= 15 is 0 Å². The highest BCUT2D eigenvalue weighted by molar-refractivity contribution is 6.31. The first kappa shape index (κ1) is 10.9. The van der Waals surface area contributed by atoms with E-state index in [1.165, 1.54) is 25.0 Å². The minimum absolute atomic E-state index is 0.259. The van der Waals surface area contributed by atoms with Crippen LogP contribution in [0.1, 0.15) is 18.4 Å². The Bertz CT molecular complexity index is 334. The van der Waals surface area contributed by atoms with Gasteiger partial charge < -0.3 is 5.32 Å². The summed E-state index contributed by atoms with van der Waals surface area (Å²) in [5.41, 5.74) is 1.06. The van der Waals surface area contributed by atoms with E-state index in [-0.39, 0.29) is 5.82 Å². The van der Waals surface area contributed by atoms with Crippen LogP contribution in [0.25, 0.3) is 0 Å². The zero-order valence-corrected chi connectivity index (χ0v) is 9.36. The Morgan fingerprint density at radius 1 is 1.47 bits per heavy atom. The number of benzene rings is 1. The van der Waals surface area contributed by atoms with Gasteiger partial charge in [-0.1, -0.05) is 17.7 Å². The first-order chi connectivity index (χ1) is 7.25. The first-order valence-corrected chi connectivity index (χ1v) is 5.78. The molecule has 3 heteroatoms. The molecule has 0 spiro atoms. The number of halogens is 2. The first-order valence-electron chi connectivity index (χ1n) is 5.40. The quantitative estimate of drug-likeness (QED) is 0.819. The molecule has 0 aromatic heterocycles. The number of piperidine rings is 1. The summed E-state index contributed by atoms with van der Waals surface area (Å²) in [6, 6.07) is 4.68. The van der Waals surface area contributed by atoms with Crippen molar-refractivity contribution >= 4 is 11.6 Å². The maximum Gasteiger partial charge on any atom is 0.124 e. The molecule has 15 heavy (non-hydrogen) atoms. The molecular weight excluding hydrogens is 213 g/mol. The Morgan fingerprint density at radius 3 is 3.00 bits per heavy atom. The third-order valence-corrected chi connectivity index (χ3v) is 3.27. The van der Waals surface area contributed by atoms with Gasteiger partial charge in [-0.15, -0.1) is 0 Å². The molecule has 0 amide bonds. The lowest BCUT2D eigenvalue weighted by molar-refractivity contribution is 0.376. The van der Waals surface area contributed by atoms with Crippen LogP contribution in [0.5, 0.6) is 0 Å². The molecule has 1 aliphatic rings. The van der Waals surface area contributed by atoms with Gasteiger partial charge in [0.2, 0.25) is 0 Å². The Balaban J connectivity index is 2.03. The number of hydrogen-bond acceptors (Lipinski definition) is 1.